The SMILES string of the molecule is CCCCCCCCC/C=C\C=C/CCCCCC(=O)OC(COC(=O)CCCCCCCCCCCCCCCCC)COC(=O)CCCCCCCCCCCCCCCCCCCC. The highest BCUT2D eigenvalue weighted by Gasteiger charge is 2.19. The van der Waals surface area contributed by atoms with Gasteiger partial charge in [-0.2, -0.15) is 0 Å². The highest BCUT2D eigenvalue weighted by molar-refractivity contribution is 5.71. The van der Waals surface area contributed by atoms with Gasteiger partial charge in [-0.15, -0.1) is 0 Å². The summed E-state index contributed by atoms with van der Waals surface area (Å²) >= 11 is 0. The van der Waals surface area contributed by atoms with E-state index in [-0.39, 0.29) is 31.1 Å². The van der Waals surface area contributed by atoms with E-state index in [1.165, 1.54) is 218 Å². The molecule has 1 atom stereocenters. The van der Waals surface area contributed by atoms with Crippen molar-refractivity contribution in [2.24, 2.45) is 0 Å². The van der Waals surface area contributed by atoms with Crippen molar-refractivity contribution >= 4 is 17.9 Å². The van der Waals surface area contributed by atoms with Gasteiger partial charge in [0.1, 0.15) is 13.2 Å². The fraction of sp³-hybridized carbons (Fsp3) is 0.885. The summed E-state index contributed by atoms with van der Waals surface area (Å²) in [5, 5.41) is 0. The van der Waals surface area contributed by atoms with E-state index in [0.717, 1.165) is 70.6 Å². The first-order valence-electron chi connectivity index (χ1n) is 29.9. The average molecular weight is 944 g/mol. The van der Waals surface area contributed by atoms with Crippen LogP contribution in [0.3, 0.4) is 0 Å². The summed E-state index contributed by atoms with van der Waals surface area (Å²) in [7, 11) is 0. The van der Waals surface area contributed by atoms with E-state index in [9.17, 15) is 14.4 Å². The number of unbranched alkanes of at least 4 members (excludes halogenated alkanes) is 41. The predicted octanol–water partition coefficient (Wildman–Crippen LogP) is 19.9. The minimum Gasteiger partial charge on any atom is -0.462 e. The Bertz CT molecular complexity index is 1080. The van der Waals surface area contributed by atoms with Crippen molar-refractivity contribution in [3.05, 3.63) is 24.3 Å². The van der Waals surface area contributed by atoms with Crippen molar-refractivity contribution < 1.29 is 28.6 Å². The van der Waals surface area contributed by atoms with Gasteiger partial charge in [0.25, 0.3) is 0 Å². The first kappa shape index (κ1) is 64.9. The summed E-state index contributed by atoms with van der Waals surface area (Å²) in [4.78, 5) is 38.2. The fourth-order valence-electron chi connectivity index (χ4n) is 8.97. The molecule has 394 valence electrons. The number of hydrogen-bond donors (Lipinski definition) is 0. The standard InChI is InChI=1S/C61H114O6/c1-4-7-10-13-16-19-22-25-28-30-31-34-36-39-42-45-48-51-54-60(63)66-57-58(56-65-59(62)53-50-47-44-41-38-35-32-27-24-21-18-15-12-9-6-3)67-61(64)55-52-49-46-43-40-37-33-29-26-23-20-17-14-11-8-5-2/h29,33,37,40,58H,4-28,30-32,34-36,38-39,41-57H2,1-3H3/b33-29-,40-37-. The molecule has 0 spiro atoms. The van der Waals surface area contributed by atoms with E-state index < -0.39 is 6.10 Å². The van der Waals surface area contributed by atoms with Crippen LogP contribution in [0, 0.1) is 0 Å². The Morgan fingerprint density at radius 1 is 0.299 bits per heavy atom. The monoisotopic (exact) mass is 943 g/mol. The van der Waals surface area contributed by atoms with Crippen molar-refractivity contribution in [2.75, 3.05) is 13.2 Å². The van der Waals surface area contributed by atoms with E-state index in [0.29, 0.717) is 19.3 Å². The topological polar surface area (TPSA) is 78.9 Å². The molecule has 0 aliphatic carbocycles. The average Bonchev–Trinajstić information content (AvgIpc) is 3.33. The Morgan fingerprint density at radius 3 is 0.806 bits per heavy atom. The van der Waals surface area contributed by atoms with Gasteiger partial charge in [-0.25, -0.2) is 0 Å². The molecule has 0 N–H and O–H groups in total. The molecular weight excluding hydrogens is 829 g/mol. The number of rotatable bonds is 55. The van der Waals surface area contributed by atoms with Gasteiger partial charge in [-0.1, -0.05) is 289 Å². The van der Waals surface area contributed by atoms with Crippen LogP contribution in [-0.4, -0.2) is 37.2 Å². The number of ether oxygens (including phenoxy) is 3. The van der Waals surface area contributed by atoms with E-state index in [2.05, 4.69) is 45.1 Å². The molecule has 0 aliphatic rings. The normalized spacial score (nSPS) is 12.1. The summed E-state index contributed by atoms with van der Waals surface area (Å²) in [5.74, 6) is -0.879. The van der Waals surface area contributed by atoms with Crippen LogP contribution >= 0.6 is 0 Å². The molecule has 0 aliphatic heterocycles. The molecule has 0 rings (SSSR count). The molecule has 0 radical (unpaired) electrons. The molecule has 0 saturated heterocycles. The van der Waals surface area contributed by atoms with Crippen LogP contribution in [0.15, 0.2) is 24.3 Å². The smallest absolute Gasteiger partial charge is 0.306 e. The molecule has 0 fully saturated rings. The minimum absolute atomic E-state index is 0.0763. The lowest BCUT2D eigenvalue weighted by Gasteiger charge is -2.18. The van der Waals surface area contributed by atoms with Gasteiger partial charge in [0.15, 0.2) is 6.10 Å². The van der Waals surface area contributed by atoms with Crippen LogP contribution in [0.4, 0.5) is 0 Å². The van der Waals surface area contributed by atoms with Gasteiger partial charge in [-0.3, -0.25) is 14.4 Å². The molecule has 0 aromatic heterocycles. The predicted molar refractivity (Wildman–Crippen MR) is 289 cm³/mol. The first-order chi connectivity index (χ1) is 33.0. The number of carbonyl (C=O) groups excluding carboxylic acids is 3. The van der Waals surface area contributed by atoms with E-state index in [4.69, 9.17) is 14.2 Å². The molecule has 6 nitrogen and oxygen atoms in total. The maximum Gasteiger partial charge on any atom is 0.306 e. The minimum atomic E-state index is -0.780. The molecule has 1 unspecified atom stereocenters. The number of hydrogen-bond acceptors (Lipinski definition) is 6. The maximum absolute atomic E-state index is 12.8. The van der Waals surface area contributed by atoms with E-state index >= 15 is 0 Å². The third kappa shape index (κ3) is 54.7. The van der Waals surface area contributed by atoms with E-state index in [1.54, 1.807) is 0 Å². The Kier molecular flexibility index (Phi) is 54.7. The van der Waals surface area contributed by atoms with Crippen molar-refractivity contribution in [3.63, 3.8) is 0 Å². The molecule has 0 aromatic carbocycles. The molecule has 0 amide bonds. The van der Waals surface area contributed by atoms with Crippen LogP contribution in [-0.2, 0) is 28.6 Å². The third-order valence-corrected chi connectivity index (χ3v) is 13.5. The molecule has 67 heavy (non-hydrogen) atoms. The highest BCUT2D eigenvalue weighted by Crippen LogP contribution is 2.17. The van der Waals surface area contributed by atoms with Crippen LogP contribution < -0.4 is 0 Å². The summed E-state index contributed by atoms with van der Waals surface area (Å²) in [5.41, 5.74) is 0. The Labute approximate surface area is 417 Å². The van der Waals surface area contributed by atoms with Crippen LogP contribution in [0.2, 0.25) is 0 Å². The molecule has 0 bridgehead atoms. The molecular formula is C61H114O6. The van der Waals surface area contributed by atoms with Gasteiger partial charge >= 0.3 is 17.9 Å². The number of esters is 3. The Hall–Kier alpha value is -2.11. The number of allylic oxidation sites excluding steroid dienone is 4. The lowest BCUT2D eigenvalue weighted by molar-refractivity contribution is -0.167. The van der Waals surface area contributed by atoms with Crippen molar-refractivity contribution in [3.8, 4) is 0 Å². The zero-order valence-corrected chi connectivity index (χ0v) is 45.2. The summed E-state index contributed by atoms with van der Waals surface area (Å²) < 4.78 is 16.9. The second-order valence-electron chi connectivity index (χ2n) is 20.3. The van der Waals surface area contributed by atoms with Crippen molar-refractivity contribution in [1.29, 1.82) is 0 Å². The fourth-order valence-corrected chi connectivity index (χ4v) is 8.97. The van der Waals surface area contributed by atoms with Gasteiger partial charge in [0, 0.05) is 19.3 Å². The quantitative estimate of drug-likeness (QED) is 0.0262. The Morgan fingerprint density at radius 2 is 0.522 bits per heavy atom. The van der Waals surface area contributed by atoms with Gasteiger partial charge in [0.05, 0.1) is 0 Å². The maximum atomic E-state index is 12.8. The summed E-state index contributed by atoms with van der Waals surface area (Å²) in [6, 6.07) is 0. The molecule has 0 saturated carbocycles. The molecule has 6 heteroatoms. The van der Waals surface area contributed by atoms with Gasteiger partial charge < -0.3 is 14.2 Å². The van der Waals surface area contributed by atoms with Crippen LogP contribution in [0.1, 0.15) is 329 Å². The number of carbonyl (C=O) groups is 3. The van der Waals surface area contributed by atoms with Crippen LogP contribution in [0.5, 0.6) is 0 Å². The zero-order chi connectivity index (χ0) is 48.6. The Balaban J connectivity index is 4.35. The van der Waals surface area contributed by atoms with Crippen molar-refractivity contribution in [1.82, 2.24) is 0 Å². The van der Waals surface area contributed by atoms with E-state index in [1.807, 2.05) is 0 Å². The molecule has 0 heterocycles. The van der Waals surface area contributed by atoms with Gasteiger partial charge in [0.2, 0.25) is 0 Å². The lowest BCUT2D eigenvalue weighted by atomic mass is 10.0. The second-order valence-corrected chi connectivity index (χ2v) is 20.3. The molecule has 0 aromatic rings. The third-order valence-electron chi connectivity index (χ3n) is 13.5. The van der Waals surface area contributed by atoms with Crippen LogP contribution in [0.25, 0.3) is 0 Å². The summed E-state index contributed by atoms with van der Waals surface area (Å²) in [6.07, 6.45) is 66.0. The largest absolute Gasteiger partial charge is 0.462 e. The second kappa shape index (κ2) is 56.5. The van der Waals surface area contributed by atoms with Crippen molar-refractivity contribution in [2.45, 2.75) is 335 Å². The van der Waals surface area contributed by atoms with Gasteiger partial charge in [-0.05, 0) is 44.9 Å². The first-order valence-corrected chi connectivity index (χ1v) is 29.9. The lowest BCUT2D eigenvalue weighted by Crippen LogP contribution is -2.30. The zero-order valence-electron chi connectivity index (χ0n) is 45.2. The highest BCUT2D eigenvalue weighted by atomic mass is 16.6. The summed E-state index contributed by atoms with van der Waals surface area (Å²) in [6.45, 7) is 6.67.